The Kier molecular flexibility index (Phi) is 7.91. The third-order valence-corrected chi connectivity index (χ3v) is 3.98. The lowest BCUT2D eigenvalue weighted by molar-refractivity contribution is 0.248. The number of rotatable bonds is 9. The van der Waals surface area contributed by atoms with Crippen molar-refractivity contribution in [3.05, 3.63) is 23.9 Å². The minimum Gasteiger partial charge on any atom is -0.370 e. The lowest BCUT2D eigenvalue weighted by Gasteiger charge is -2.26. The highest BCUT2D eigenvalue weighted by Gasteiger charge is 2.12. The molecule has 0 radical (unpaired) electrons. The Morgan fingerprint density at radius 3 is 2.84 bits per heavy atom. The molecule has 0 amide bonds. The largest absolute Gasteiger partial charge is 0.370 e. The van der Waals surface area contributed by atoms with Gasteiger partial charge in [-0.15, -0.1) is 0 Å². The molecule has 0 aliphatic rings. The van der Waals surface area contributed by atoms with Gasteiger partial charge in [-0.05, 0) is 43.8 Å². The molecule has 0 aliphatic carbocycles. The molecule has 0 saturated carbocycles. The van der Waals surface area contributed by atoms with Crippen molar-refractivity contribution in [3.63, 3.8) is 0 Å². The molecule has 1 heterocycles. The fourth-order valence-electron chi connectivity index (χ4n) is 2.09. The van der Waals surface area contributed by atoms with E-state index in [1.54, 1.807) is 0 Å². The second-order valence-corrected chi connectivity index (χ2v) is 5.82. The van der Waals surface area contributed by atoms with Crippen LogP contribution in [0.1, 0.15) is 32.3 Å². The fourth-order valence-corrected chi connectivity index (χ4v) is 2.96. The third kappa shape index (κ3) is 5.83. The van der Waals surface area contributed by atoms with Gasteiger partial charge in [0.25, 0.3) is 0 Å². The monoisotopic (exact) mass is 281 g/mol. The van der Waals surface area contributed by atoms with E-state index >= 15 is 0 Å². The van der Waals surface area contributed by atoms with E-state index in [0.29, 0.717) is 6.04 Å². The molecule has 1 N–H and O–H groups in total. The van der Waals surface area contributed by atoms with Gasteiger partial charge < -0.3 is 5.32 Å². The van der Waals surface area contributed by atoms with Crippen LogP contribution in [0.4, 0.5) is 5.82 Å². The van der Waals surface area contributed by atoms with Crippen molar-refractivity contribution < 1.29 is 0 Å². The smallest absolute Gasteiger partial charge is 0.126 e. The van der Waals surface area contributed by atoms with Crippen LogP contribution < -0.4 is 5.32 Å². The summed E-state index contributed by atoms with van der Waals surface area (Å²) in [5.41, 5.74) is 1.33. The van der Waals surface area contributed by atoms with Gasteiger partial charge in [-0.3, -0.25) is 4.90 Å². The van der Waals surface area contributed by atoms with Gasteiger partial charge >= 0.3 is 0 Å². The molecule has 3 nitrogen and oxygen atoms in total. The molecule has 0 spiro atoms. The molecule has 0 saturated heterocycles. The Morgan fingerprint density at radius 1 is 1.42 bits per heavy atom. The highest BCUT2D eigenvalue weighted by molar-refractivity contribution is 7.98. The Hall–Kier alpha value is -0.740. The van der Waals surface area contributed by atoms with Crippen molar-refractivity contribution in [2.24, 2.45) is 0 Å². The van der Waals surface area contributed by atoms with Gasteiger partial charge in [0.1, 0.15) is 5.82 Å². The zero-order chi connectivity index (χ0) is 14.1. The number of aromatic nitrogens is 1. The second-order valence-electron chi connectivity index (χ2n) is 4.91. The van der Waals surface area contributed by atoms with E-state index in [-0.39, 0.29) is 0 Å². The molecule has 0 aliphatic heterocycles. The summed E-state index contributed by atoms with van der Waals surface area (Å²) in [6, 6.07) is 4.92. The molecular formula is C15H27N3S. The second kappa shape index (κ2) is 9.21. The average molecular weight is 281 g/mol. The number of nitrogens with one attached hydrogen (secondary N) is 1. The lowest BCUT2D eigenvalue weighted by Crippen LogP contribution is -2.32. The molecule has 1 aromatic heterocycles. The minimum absolute atomic E-state index is 0.648. The molecule has 0 aromatic carbocycles. The van der Waals surface area contributed by atoms with Crippen LogP contribution in [0.25, 0.3) is 0 Å². The first kappa shape index (κ1) is 16.3. The fraction of sp³-hybridized carbons (Fsp3) is 0.667. The van der Waals surface area contributed by atoms with Gasteiger partial charge in [0.05, 0.1) is 0 Å². The Balaban J connectivity index is 2.59. The molecule has 4 heteroatoms. The normalized spacial score (nSPS) is 12.7. The van der Waals surface area contributed by atoms with Crippen molar-refractivity contribution in [1.82, 2.24) is 9.88 Å². The van der Waals surface area contributed by atoms with Crippen molar-refractivity contribution in [3.8, 4) is 0 Å². The first-order chi connectivity index (χ1) is 9.21. The molecule has 1 rings (SSSR count). The van der Waals surface area contributed by atoms with E-state index in [1.807, 2.05) is 18.0 Å². The van der Waals surface area contributed by atoms with E-state index < -0.39 is 0 Å². The maximum atomic E-state index is 4.35. The van der Waals surface area contributed by atoms with Crippen LogP contribution in [0.5, 0.6) is 0 Å². The van der Waals surface area contributed by atoms with Crippen LogP contribution in [0, 0.1) is 0 Å². The number of thioether (sulfide) groups is 1. The van der Waals surface area contributed by atoms with Crippen LogP contribution in [0.3, 0.4) is 0 Å². The number of hydrogen-bond donors (Lipinski definition) is 1. The predicted octanol–water partition coefficient (Wildman–Crippen LogP) is 3.48. The molecule has 1 unspecified atom stereocenters. The summed E-state index contributed by atoms with van der Waals surface area (Å²) in [6.07, 6.45) is 6.40. The summed E-state index contributed by atoms with van der Waals surface area (Å²) in [7, 11) is 2.21. The number of hydrogen-bond acceptors (Lipinski definition) is 4. The van der Waals surface area contributed by atoms with Crippen molar-refractivity contribution in [2.75, 3.05) is 30.9 Å². The number of anilines is 1. The Labute approximate surface area is 122 Å². The predicted molar refractivity (Wildman–Crippen MR) is 86.9 cm³/mol. The maximum absolute atomic E-state index is 4.35. The van der Waals surface area contributed by atoms with Crippen LogP contribution in [0.2, 0.25) is 0 Å². The highest BCUT2D eigenvalue weighted by atomic mass is 32.2. The van der Waals surface area contributed by atoms with E-state index in [0.717, 1.165) is 25.3 Å². The summed E-state index contributed by atoms with van der Waals surface area (Å²) >= 11 is 1.92. The highest BCUT2D eigenvalue weighted by Crippen LogP contribution is 2.14. The van der Waals surface area contributed by atoms with Crippen LogP contribution in [-0.2, 0) is 6.54 Å². The summed E-state index contributed by atoms with van der Waals surface area (Å²) < 4.78 is 0. The third-order valence-electron chi connectivity index (χ3n) is 3.27. The number of pyridine rings is 1. The number of nitrogens with zero attached hydrogens (tertiary/aromatic N) is 2. The summed E-state index contributed by atoms with van der Waals surface area (Å²) in [5.74, 6) is 2.18. The molecule has 1 atom stereocenters. The Morgan fingerprint density at radius 2 is 2.21 bits per heavy atom. The van der Waals surface area contributed by atoms with Crippen LogP contribution >= 0.6 is 11.8 Å². The first-order valence-corrected chi connectivity index (χ1v) is 8.48. The summed E-state index contributed by atoms with van der Waals surface area (Å²) in [4.78, 5) is 6.79. The van der Waals surface area contributed by atoms with E-state index in [9.17, 15) is 0 Å². The zero-order valence-electron chi connectivity index (χ0n) is 12.6. The molecule has 0 bridgehead atoms. The minimum atomic E-state index is 0.648. The van der Waals surface area contributed by atoms with E-state index in [4.69, 9.17) is 0 Å². The summed E-state index contributed by atoms with van der Waals surface area (Å²) in [5, 5.41) is 3.34. The summed E-state index contributed by atoms with van der Waals surface area (Å²) in [6.45, 7) is 6.40. The topological polar surface area (TPSA) is 28.2 Å². The maximum Gasteiger partial charge on any atom is 0.126 e. The van der Waals surface area contributed by atoms with Crippen molar-refractivity contribution in [2.45, 2.75) is 39.3 Å². The standard InChI is InChI=1S/C15H27N3S/c1-5-8-16-15-10-13(7-9-17-15)11-18(3)14(6-2)12-19-4/h7,9-10,14H,5-6,8,11-12H2,1-4H3,(H,16,17). The van der Waals surface area contributed by atoms with Gasteiger partial charge in [0.15, 0.2) is 0 Å². The van der Waals surface area contributed by atoms with Gasteiger partial charge in [-0.25, -0.2) is 4.98 Å². The molecule has 1 aromatic rings. The lowest BCUT2D eigenvalue weighted by atomic mass is 10.2. The van der Waals surface area contributed by atoms with Crippen molar-refractivity contribution >= 4 is 17.6 Å². The van der Waals surface area contributed by atoms with Gasteiger partial charge in [-0.1, -0.05) is 13.8 Å². The molecular weight excluding hydrogens is 254 g/mol. The Bertz CT molecular complexity index is 357. The first-order valence-electron chi connectivity index (χ1n) is 7.09. The van der Waals surface area contributed by atoms with Crippen LogP contribution in [-0.4, -0.2) is 41.5 Å². The zero-order valence-corrected chi connectivity index (χ0v) is 13.5. The van der Waals surface area contributed by atoms with Crippen LogP contribution in [0.15, 0.2) is 18.3 Å². The molecule has 108 valence electrons. The molecule has 0 fully saturated rings. The van der Waals surface area contributed by atoms with Crippen molar-refractivity contribution in [1.29, 1.82) is 0 Å². The molecule has 19 heavy (non-hydrogen) atoms. The quantitative estimate of drug-likeness (QED) is 0.750. The van der Waals surface area contributed by atoms with E-state index in [1.165, 1.54) is 17.7 Å². The van der Waals surface area contributed by atoms with E-state index in [2.05, 4.69) is 54.5 Å². The van der Waals surface area contributed by atoms with Gasteiger partial charge in [-0.2, -0.15) is 11.8 Å². The SMILES string of the molecule is CCCNc1cc(CN(C)C(CC)CSC)ccn1. The average Bonchev–Trinajstić information content (AvgIpc) is 2.42. The van der Waals surface area contributed by atoms with Gasteiger partial charge in [0, 0.05) is 31.1 Å². The van der Waals surface area contributed by atoms with Gasteiger partial charge in [0.2, 0.25) is 0 Å².